The van der Waals surface area contributed by atoms with Crippen molar-refractivity contribution in [2.45, 2.75) is 18.8 Å². The fraction of sp³-hybridized carbons (Fsp3) is 0.385. The Kier molecular flexibility index (Phi) is 3.73. The molecule has 0 spiro atoms. The quantitative estimate of drug-likeness (QED) is 0.850. The Labute approximate surface area is 108 Å². The molecule has 0 aromatic heterocycles. The minimum Gasteiger partial charge on any atom is -0.399 e. The summed E-state index contributed by atoms with van der Waals surface area (Å²) in [6, 6.07) is 7.83. The molecule has 18 heavy (non-hydrogen) atoms. The number of hydrogen-bond acceptors (Lipinski definition) is 3. The first-order valence-electron chi connectivity index (χ1n) is 6.01. The zero-order valence-electron chi connectivity index (χ0n) is 10.2. The molecule has 1 aliphatic rings. The van der Waals surface area contributed by atoms with Gasteiger partial charge in [-0.1, -0.05) is 18.7 Å². The molecule has 0 unspecified atom stereocenters. The molecule has 4 nitrogen and oxygen atoms in total. The molecule has 2 rings (SSSR count). The first-order valence-corrected chi connectivity index (χ1v) is 7.51. The normalized spacial score (nSPS) is 18.7. The minimum absolute atomic E-state index is 0.418. The monoisotopic (exact) mass is 266 g/mol. The van der Waals surface area contributed by atoms with Crippen LogP contribution in [0, 0.1) is 0 Å². The number of rotatable bonds is 3. The van der Waals surface area contributed by atoms with E-state index in [9.17, 15) is 8.42 Å². The molecule has 98 valence electrons. The second-order valence-electron chi connectivity index (χ2n) is 4.55. The Hall–Kier alpha value is -1.33. The van der Waals surface area contributed by atoms with Gasteiger partial charge in [0.05, 0.1) is 0 Å². The zero-order valence-corrected chi connectivity index (χ0v) is 11.1. The number of nitrogens with zero attached hydrogens (tertiary/aromatic N) is 1. The molecule has 1 saturated heterocycles. The maximum absolute atomic E-state index is 11.6. The van der Waals surface area contributed by atoms with Gasteiger partial charge in [0.1, 0.15) is 0 Å². The van der Waals surface area contributed by atoms with Crippen LogP contribution in [0.4, 0.5) is 5.69 Å². The number of sulfonamides is 1. The van der Waals surface area contributed by atoms with Crippen molar-refractivity contribution in [1.82, 2.24) is 4.31 Å². The second-order valence-corrected chi connectivity index (χ2v) is 6.43. The average Bonchev–Trinajstić information content (AvgIpc) is 2.40. The third-order valence-corrected chi connectivity index (χ3v) is 4.94. The van der Waals surface area contributed by atoms with Crippen molar-refractivity contribution in [3.63, 3.8) is 0 Å². The molecule has 0 atom stereocenters. The van der Waals surface area contributed by atoms with Crippen molar-refractivity contribution in [2.24, 2.45) is 0 Å². The Balaban J connectivity index is 2.03. The van der Waals surface area contributed by atoms with Gasteiger partial charge in [0.2, 0.25) is 10.0 Å². The number of anilines is 1. The summed E-state index contributed by atoms with van der Waals surface area (Å²) in [6.45, 7) is 4.47. The van der Waals surface area contributed by atoms with Crippen LogP contribution in [-0.2, 0) is 10.0 Å². The number of piperidine rings is 1. The van der Waals surface area contributed by atoms with Crippen LogP contribution in [0.25, 0.3) is 0 Å². The van der Waals surface area contributed by atoms with E-state index in [2.05, 4.69) is 6.58 Å². The van der Waals surface area contributed by atoms with Gasteiger partial charge in [-0.2, -0.15) is 4.31 Å². The summed E-state index contributed by atoms with van der Waals surface area (Å²) in [5.41, 5.74) is 7.65. The highest BCUT2D eigenvalue weighted by Crippen LogP contribution is 2.29. The second kappa shape index (κ2) is 5.12. The van der Waals surface area contributed by atoms with E-state index < -0.39 is 10.0 Å². The third-order valence-electron chi connectivity index (χ3n) is 3.43. The van der Waals surface area contributed by atoms with Gasteiger partial charge in [-0.05, 0) is 36.5 Å². The lowest BCUT2D eigenvalue weighted by atomic mass is 9.90. The molecule has 1 aromatic carbocycles. The van der Waals surface area contributed by atoms with Crippen molar-refractivity contribution in [3.8, 4) is 0 Å². The summed E-state index contributed by atoms with van der Waals surface area (Å²) in [6.07, 6.45) is 1.69. The smallest absolute Gasteiger partial charge is 0.235 e. The van der Waals surface area contributed by atoms with E-state index in [1.807, 2.05) is 24.3 Å². The van der Waals surface area contributed by atoms with Crippen LogP contribution >= 0.6 is 0 Å². The van der Waals surface area contributed by atoms with Crippen LogP contribution in [0.15, 0.2) is 36.3 Å². The van der Waals surface area contributed by atoms with Crippen molar-refractivity contribution in [3.05, 3.63) is 41.8 Å². The maximum Gasteiger partial charge on any atom is 0.235 e. The Morgan fingerprint density at radius 1 is 1.22 bits per heavy atom. The van der Waals surface area contributed by atoms with E-state index in [1.165, 1.54) is 9.87 Å². The van der Waals surface area contributed by atoms with E-state index >= 15 is 0 Å². The zero-order chi connectivity index (χ0) is 13.2. The number of hydrogen-bond donors (Lipinski definition) is 1. The maximum atomic E-state index is 11.6. The third kappa shape index (κ3) is 2.73. The first-order chi connectivity index (χ1) is 8.53. The van der Waals surface area contributed by atoms with E-state index in [0.717, 1.165) is 23.9 Å². The summed E-state index contributed by atoms with van der Waals surface area (Å²) in [7, 11) is -3.26. The lowest BCUT2D eigenvalue weighted by Gasteiger charge is -2.30. The number of nitrogen functional groups attached to an aromatic ring is 1. The van der Waals surface area contributed by atoms with Gasteiger partial charge < -0.3 is 5.73 Å². The molecule has 1 aromatic rings. The van der Waals surface area contributed by atoms with E-state index in [1.54, 1.807) is 0 Å². The molecule has 1 aliphatic heterocycles. The number of nitrogens with two attached hydrogens (primary N) is 1. The molecule has 0 radical (unpaired) electrons. The van der Waals surface area contributed by atoms with Crippen molar-refractivity contribution in [2.75, 3.05) is 18.8 Å². The van der Waals surface area contributed by atoms with Crippen molar-refractivity contribution < 1.29 is 8.42 Å². The van der Waals surface area contributed by atoms with Gasteiger partial charge in [0.15, 0.2) is 0 Å². The molecular formula is C13H18N2O2S. The van der Waals surface area contributed by atoms with Gasteiger partial charge in [-0.25, -0.2) is 8.42 Å². The van der Waals surface area contributed by atoms with Gasteiger partial charge in [0, 0.05) is 24.2 Å². The first kappa shape index (κ1) is 13.1. The Morgan fingerprint density at radius 2 is 1.78 bits per heavy atom. The molecule has 1 fully saturated rings. The van der Waals surface area contributed by atoms with Crippen LogP contribution in [0.1, 0.15) is 24.3 Å². The van der Waals surface area contributed by atoms with Gasteiger partial charge >= 0.3 is 0 Å². The Bertz CT molecular complexity index is 514. The molecule has 2 N–H and O–H groups in total. The van der Waals surface area contributed by atoms with Crippen molar-refractivity contribution >= 4 is 15.7 Å². The van der Waals surface area contributed by atoms with Gasteiger partial charge in [0.25, 0.3) is 0 Å². The molecule has 5 heteroatoms. The summed E-state index contributed by atoms with van der Waals surface area (Å²) in [5, 5.41) is 1.02. The molecule has 0 aliphatic carbocycles. The van der Waals surface area contributed by atoms with E-state index in [4.69, 9.17) is 5.73 Å². The Morgan fingerprint density at radius 3 is 2.28 bits per heavy atom. The summed E-state index contributed by atoms with van der Waals surface area (Å²) < 4.78 is 24.8. The molecule has 0 bridgehead atoms. The fourth-order valence-electron chi connectivity index (χ4n) is 2.32. The van der Waals surface area contributed by atoms with E-state index in [0.29, 0.717) is 19.0 Å². The van der Waals surface area contributed by atoms with E-state index in [-0.39, 0.29) is 0 Å². The lowest BCUT2D eigenvalue weighted by Crippen LogP contribution is -2.36. The van der Waals surface area contributed by atoms with Gasteiger partial charge in [-0.15, -0.1) is 0 Å². The highest BCUT2D eigenvalue weighted by atomic mass is 32.2. The summed E-state index contributed by atoms with van der Waals surface area (Å²) in [4.78, 5) is 0. The standard InChI is InChI=1S/C13H18N2O2S/c1-2-18(16,17)15-9-7-12(8-10-15)11-3-5-13(14)6-4-11/h2-6,12H,1,7-10,14H2. The summed E-state index contributed by atoms with van der Waals surface area (Å²) in [5.74, 6) is 0.418. The van der Waals surface area contributed by atoms with Gasteiger partial charge in [-0.3, -0.25) is 0 Å². The molecule has 0 saturated carbocycles. The van der Waals surface area contributed by atoms with Crippen molar-refractivity contribution in [1.29, 1.82) is 0 Å². The van der Waals surface area contributed by atoms with Crippen LogP contribution in [0.3, 0.4) is 0 Å². The SMILES string of the molecule is C=CS(=O)(=O)N1CCC(c2ccc(N)cc2)CC1. The highest BCUT2D eigenvalue weighted by molar-refractivity contribution is 7.92. The topological polar surface area (TPSA) is 63.4 Å². The number of benzene rings is 1. The lowest BCUT2D eigenvalue weighted by molar-refractivity contribution is 0.323. The fourth-order valence-corrected chi connectivity index (χ4v) is 3.25. The van der Waals surface area contributed by atoms with Crippen LogP contribution in [0.5, 0.6) is 0 Å². The van der Waals surface area contributed by atoms with Crippen LogP contribution in [0.2, 0.25) is 0 Å². The molecule has 0 amide bonds. The van der Waals surface area contributed by atoms with Crippen LogP contribution < -0.4 is 5.73 Å². The molecule has 1 heterocycles. The molecular weight excluding hydrogens is 248 g/mol. The van der Waals surface area contributed by atoms with Crippen LogP contribution in [-0.4, -0.2) is 25.8 Å². The predicted molar refractivity (Wildman–Crippen MR) is 73.5 cm³/mol. The average molecular weight is 266 g/mol. The minimum atomic E-state index is -3.26. The predicted octanol–water partition coefficient (Wildman–Crippen LogP) is 1.92. The highest BCUT2D eigenvalue weighted by Gasteiger charge is 2.26. The largest absolute Gasteiger partial charge is 0.399 e. The summed E-state index contributed by atoms with van der Waals surface area (Å²) >= 11 is 0.